The summed E-state index contributed by atoms with van der Waals surface area (Å²) in [5, 5.41) is 0.730. The van der Waals surface area contributed by atoms with E-state index >= 15 is 0 Å². The van der Waals surface area contributed by atoms with Crippen LogP contribution in [0.4, 0.5) is 0 Å². The van der Waals surface area contributed by atoms with Gasteiger partial charge in [-0.25, -0.2) is 9.97 Å². The van der Waals surface area contributed by atoms with Crippen LogP contribution in [0.2, 0.25) is 5.02 Å². The highest BCUT2D eigenvalue weighted by atomic mass is 35.5. The Morgan fingerprint density at radius 3 is 2.47 bits per heavy atom. The molecule has 0 N–H and O–H groups in total. The zero-order valence-electron chi connectivity index (χ0n) is 10.1. The van der Waals surface area contributed by atoms with Gasteiger partial charge in [0.15, 0.2) is 5.82 Å². The first kappa shape index (κ1) is 12.1. The van der Waals surface area contributed by atoms with Crippen LogP contribution in [0.1, 0.15) is 24.6 Å². The third-order valence-corrected chi connectivity index (χ3v) is 2.95. The van der Waals surface area contributed by atoms with Crippen LogP contribution in [0.15, 0.2) is 30.5 Å². The number of nitrogens with zero attached hydrogens (tertiary/aromatic N) is 2. The van der Waals surface area contributed by atoms with E-state index in [4.69, 9.17) is 11.6 Å². The van der Waals surface area contributed by atoms with E-state index in [2.05, 4.69) is 16.9 Å². The Balaban J connectivity index is 2.34. The van der Waals surface area contributed by atoms with Crippen LogP contribution in [0.25, 0.3) is 11.4 Å². The van der Waals surface area contributed by atoms with Gasteiger partial charge in [0.2, 0.25) is 0 Å². The van der Waals surface area contributed by atoms with Crippen LogP contribution in [0.3, 0.4) is 0 Å². The molecule has 0 unspecified atom stereocenters. The maximum Gasteiger partial charge on any atom is 0.159 e. The van der Waals surface area contributed by atoms with E-state index in [9.17, 15) is 0 Å². The zero-order valence-corrected chi connectivity index (χ0v) is 10.8. The maximum absolute atomic E-state index is 5.86. The molecule has 1 aromatic heterocycles. The quantitative estimate of drug-likeness (QED) is 0.816. The van der Waals surface area contributed by atoms with Gasteiger partial charge < -0.3 is 0 Å². The highest BCUT2D eigenvalue weighted by Gasteiger charge is 2.04. The molecule has 2 nitrogen and oxygen atoms in total. The van der Waals surface area contributed by atoms with Crippen molar-refractivity contribution in [2.75, 3.05) is 0 Å². The van der Waals surface area contributed by atoms with Crippen molar-refractivity contribution in [3.05, 3.63) is 46.7 Å². The number of aryl methyl sites for hydroxylation is 2. The fourth-order valence-corrected chi connectivity index (χ4v) is 1.87. The maximum atomic E-state index is 5.86. The molecule has 1 aromatic carbocycles. The van der Waals surface area contributed by atoms with Crippen LogP contribution in [-0.4, -0.2) is 9.97 Å². The fourth-order valence-electron chi connectivity index (χ4n) is 1.74. The van der Waals surface area contributed by atoms with Gasteiger partial charge in [-0.3, -0.25) is 0 Å². The Morgan fingerprint density at radius 2 is 1.88 bits per heavy atom. The molecular formula is C14H15ClN2. The molecule has 0 amide bonds. The SMILES string of the molecule is CCCc1cnc(-c2ccc(Cl)cc2)nc1C. The highest BCUT2D eigenvalue weighted by molar-refractivity contribution is 6.30. The molecule has 0 bridgehead atoms. The van der Waals surface area contributed by atoms with Crippen LogP contribution in [0, 0.1) is 6.92 Å². The summed E-state index contributed by atoms with van der Waals surface area (Å²) >= 11 is 5.86. The smallest absolute Gasteiger partial charge is 0.159 e. The topological polar surface area (TPSA) is 25.8 Å². The zero-order chi connectivity index (χ0) is 12.3. The lowest BCUT2D eigenvalue weighted by atomic mass is 10.1. The van der Waals surface area contributed by atoms with Gasteiger partial charge in [-0.15, -0.1) is 0 Å². The number of aromatic nitrogens is 2. The van der Waals surface area contributed by atoms with Gasteiger partial charge in [-0.05, 0) is 43.2 Å². The number of hydrogen-bond donors (Lipinski definition) is 0. The lowest BCUT2D eigenvalue weighted by Gasteiger charge is -2.06. The van der Waals surface area contributed by atoms with E-state index in [1.807, 2.05) is 37.4 Å². The van der Waals surface area contributed by atoms with E-state index in [1.165, 1.54) is 5.56 Å². The fraction of sp³-hybridized carbons (Fsp3) is 0.286. The van der Waals surface area contributed by atoms with Crippen molar-refractivity contribution in [3.8, 4) is 11.4 Å². The summed E-state index contributed by atoms with van der Waals surface area (Å²) in [5.41, 5.74) is 3.29. The molecule has 0 spiro atoms. The van der Waals surface area contributed by atoms with Gasteiger partial charge in [0, 0.05) is 22.5 Å². The number of rotatable bonds is 3. The molecule has 2 rings (SSSR count). The summed E-state index contributed by atoms with van der Waals surface area (Å²) in [6, 6.07) is 7.60. The van der Waals surface area contributed by atoms with E-state index in [0.717, 1.165) is 34.9 Å². The van der Waals surface area contributed by atoms with Crippen molar-refractivity contribution in [1.29, 1.82) is 0 Å². The average molecular weight is 247 g/mol. The Hall–Kier alpha value is -1.41. The number of hydrogen-bond acceptors (Lipinski definition) is 2. The highest BCUT2D eigenvalue weighted by Crippen LogP contribution is 2.19. The molecule has 88 valence electrons. The Kier molecular flexibility index (Phi) is 3.75. The molecule has 17 heavy (non-hydrogen) atoms. The second-order valence-corrected chi connectivity index (χ2v) is 4.50. The van der Waals surface area contributed by atoms with Gasteiger partial charge in [-0.1, -0.05) is 24.9 Å². The van der Waals surface area contributed by atoms with Crippen LogP contribution in [-0.2, 0) is 6.42 Å². The number of benzene rings is 1. The van der Waals surface area contributed by atoms with Gasteiger partial charge in [0.1, 0.15) is 0 Å². The van der Waals surface area contributed by atoms with Crippen molar-refractivity contribution in [2.24, 2.45) is 0 Å². The largest absolute Gasteiger partial charge is 0.236 e. The van der Waals surface area contributed by atoms with Crippen LogP contribution in [0.5, 0.6) is 0 Å². The third-order valence-electron chi connectivity index (χ3n) is 2.70. The second-order valence-electron chi connectivity index (χ2n) is 4.06. The lowest BCUT2D eigenvalue weighted by molar-refractivity contribution is 0.885. The minimum absolute atomic E-state index is 0.730. The monoisotopic (exact) mass is 246 g/mol. The molecule has 0 saturated heterocycles. The average Bonchev–Trinajstić information content (AvgIpc) is 2.33. The predicted octanol–water partition coefficient (Wildman–Crippen LogP) is 4.06. The molecule has 1 heterocycles. The first-order chi connectivity index (χ1) is 8.20. The van der Waals surface area contributed by atoms with Gasteiger partial charge in [-0.2, -0.15) is 0 Å². The van der Waals surface area contributed by atoms with E-state index < -0.39 is 0 Å². The van der Waals surface area contributed by atoms with Gasteiger partial charge in [0.05, 0.1) is 0 Å². The van der Waals surface area contributed by atoms with Gasteiger partial charge >= 0.3 is 0 Å². The summed E-state index contributed by atoms with van der Waals surface area (Å²) in [7, 11) is 0. The minimum atomic E-state index is 0.730. The van der Waals surface area contributed by atoms with Gasteiger partial charge in [0.25, 0.3) is 0 Å². The summed E-state index contributed by atoms with van der Waals surface area (Å²) in [4.78, 5) is 8.94. The lowest BCUT2D eigenvalue weighted by Crippen LogP contribution is -1.97. The van der Waals surface area contributed by atoms with Crippen molar-refractivity contribution in [1.82, 2.24) is 9.97 Å². The molecule has 0 saturated carbocycles. The van der Waals surface area contributed by atoms with Crippen molar-refractivity contribution in [2.45, 2.75) is 26.7 Å². The second kappa shape index (κ2) is 5.28. The van der Waals surface area contributed by atoms with Crippen molar-refractivity contribution < 1.29 is 0 Å². The molecule has 0 fully saturated rings. The normalized spacial score (nSPS) is 10.5. The molecule has 0 atom stereocenters. The predicted molar refractivity (Wildman–Crippen MR) is 71.2 cm³/mol. The van der Waals surface area contributed by atoms with Crippen molar-refractivity contribution >= 4 is 11.6 Å². The summed E-state index contributed by atoms with van der Waals surface area (Å²) in [5.74, 6) is 0.763. The Bertz CT molecular complexity index is 506. The summed E-state index contributed by atoms with van der Waals surface area (Å²) in [6.45, 7) is 4.19. The molecule has 3 heteroatoms. The molecule has 0 aliphatic heterocycles. The van der Waals surface area contributed by atoms with Crippen LogP contribution >= 0.6 is 11.6 Å². The first-order valence-electron chi connectivity index (χ1n) is 5.79. The summed E-state index contributed by atoms with van der Waals surface area (Å²) in [6.07, 6.45) is 4.08. The van der Waals surface area contributed by atoms with Crippen LogP contribution < -0.4 is 0 Å². The first-order valence-corrected chi connectivity index (χ1v) is 6.17. The molecule has 0 radical (unpaired) electrons. The number of halogens is 1. The molecular weight excluding hydrogens is 232 g/mol. The van der Waals surface area contributed by atoms with E-state index in [-0.39, 0.29) is 0 Å². The standard InChI is InChI=1S/C14H15ClN2/c1-3-4-12-9-16-14(17-10(12)2)11-5-7-13(15)8-6-11/h5-9H,3-4H2,1-2H3. The van der Waals surface area contributed by atoms with Crippen molar-refractivity contribution in [3.63, 3.8) is 0 Å². The molecule has 0 aliphatic carbocycles. The third kappa shape index (κ3) is 2.83. The summed E-state index contributed by atoms with van der Waals surface area (Å²) < 4.78 is 0. The molecule has 0 aliphatic rings. The Morgan fingerprint density at radius 1 is 1.18 bits per heavy atom. The van der Waals surface area contributed by atoms with E-state index in [0.29, 0.717) is 0 Å². The Labute approximate surface area is 107 Å². The molecule has 2 aromatic rings. The minimum Gasteiger partial charge on any atom is -0.236 e. The van der Waals surface area contributed by atoms with E-state index in [1.54, 1.807) is 0 Å².